The van der Waals surface area contributed by atoms with Gasteiger partial charge in [-0.25, -0.2) is 0 Å². The molecule has 0 aliphatic rings. The second-order valence-corrected chi connectivity index (χ2v) is 2.69. The van der Waals surface area contributed by atoms with Crippen molar-refractivity contribution in [3.63, 3.8) is 0 Å². The number of hydrogen-bond donors (Lipinski definition) is 2. The normalized spacial score (nSPS) is 12.4. The average Bonchev–Trinajstić information content (AvgIpc) is 1.84. The first-order chi connectivity index (χ1) is 4.12. The van der Waals surface area contributed by atoms with Crippen LogP contribution in [0.15, 0.2) is 12.3 Å². The molecule has 0 rings (SSSR count). The Balaban J connectivity index is 3.58. The van der Waals surface area contributed by atoms with Gasteiger partial charge in [-0.2, -0.15) is 0 Å². The fourth-order valence-corrected chi connectivity index (χ4v) is 0.355. The first kappa shape index (κ1) is 8.50. The van der Waals surface area contributed by atoms with Gasteiger partial charge in [0.1, 0.15) is 0 Å². The molecule has 0 aliphatic carbocycles. The molecule has 0 bridgehead atoms. The summed E-state index contributed by atoms with van der Waals surface area (Å²) in [6.07, 6.45) is 3.73. The van der Waals surface area contributed by atoms with Gasteiger partial charge in [0.15, 0.2) is 0 Å². The maximum Gasteiger partial charge on any atom is 0.0655 e. The van der Waals surface area contributed by atoms with Crippen LogP contribution in [0, 0.1) is 0 Å². The van der Waals surface area contributed by atoms with E-state index in [0.717, 1.165) is 0 Å². The van der Waals surface area contributed by atoms with Crippen molar-refractivity contribution >= 4 is 0 Å². The number of allylic oxidation sites excluding steroid dienone is 1. The maximum atomic E-state index is 8.72. The lowest BCUT2D eigenvalue weighted by atomic mass is 10.1. The molecule has 0 saturated heterocycles. The molecule has 0 atom stereocenters. The molecule has 9 heavy (non-hydrogen) atoms. The van der Waals surface area contributed by atoms with Crippen LogP contribution in [-0.2, 0) is 0 Å². The van der Waals surface area contributed by atoms with Crippen molar-refractivity contribution in [2.45, 2.75) is 26.3 Å². The molecule has 0 aromatic carbocycles. The van der Waals surface area contributed by atoms with Crippen molar-refractivity contribution in [3.8, 4) is 0 Å². The van der Waals surface area contributed by atoms with Crippen molar-refractivity contribution < 1.29 is 5.11 Å². The Morgan fingerprint density at radius 2 is 2.11 bits per heavy atom. The lowest BCUT2D eigenvalue weighted by molar-refractivity contribution is 0.202. The van der Waals surface area contributed by atoms with Crippen LogP contribution in [0.4, 0.5) is 0 Å². The van der Waals surface area contributed by atoms with E-state index < -0.39 is 0 Å². The molecule has 0 spiro atoms. The number of aliphatic hydroxyl groups excluding tert-OH is 1. The summed E-state index contributed by atoms with van der Waals surface area (Å²) >= 11 is 0. The molecule has 2 N–H and O–H groups in total. The SMILES string of the molecule is CC=CNC(C)(C)CO. The fourth-order valence-electron chi connectivity index (χ4n) is 0.355. The van der Waals surface area contributed by atoms with Crippen molar-refractivity contribution in [2.24, 2.45) is 0 Å². The number of nitrogens with one attached hydrogen (secondary N) is 1. The average molecular weight is 129 g/mol. The molecule has 0 fully saturated rings. The van der Waals surface area contributed by atoms with E-state index in [9.17, 15) is 0 Å². The molecule has 0 aliphatic heterocycles. The predicted octanol–water partition coefficient (Wildman–Crippen LogP) is 0.881. The second kappa shape index (κ2) is 3.51. The van der Waals surface area contributed by atoms with E-state index in [0.29, 0.717) is 0 Å². The first-order valence-electron chi connectivity index (χ1n) is 3.12. The van der Waals surface area contributed by atoms with Crippen LogP contribution in [0.2, 0.25) is 0 Å². The third-order valence-electron chi connectivity index (χ3n) is 1.04. The highest BCUT2D eigenvalue weighted by Crippen LogP contribution is 1.98. The van der Waals surface area contributed by atoms with Gasteiger partial charge in [-0.1, -0.05) is 6.08 Å². The Morgan fingerprint density at radius 1 is 1.56 bits per heavy atom. The van der Waals surface area contributed by atoms with Gasteiger partial charge in [0.05, 0.1) is 12.1 Å². The standard InChI is InChI=1S/C7H15NO/c1-4-5-8-7(2,3)6-9/h4-5,8-9H,6H2,1-3H3. The summed E-state index contributed by atoms with van der Waals surface area (Å²) < 4.78 is 0. The molecule has 0 unspecified atom stereocenters. The Morgan fingerprint density at radius 3 is 2.44 bits per heavy atom. The van der Waals surface area contributed by atoms with Crippen molar-refractivity contribution in [1.29, 1.82) is 0 Å². The molecule has 2 heteroatoms. The van der Waals surface area contributed by atoms with E-state index in [1.165, 1.54) is 0 Å². The zero-order valence-electron chi connectivity index (χ0n) is 6.31. The van der Waals surface area contributed by atoms with Crippen LogP contribution in [-0.4, -0.2) is 17.3 Å². The summed E-state index contributed by atoms with van der Waals surface area (Å²) in [4.78, 5) is 0. The molecule has 0 amide bonds. The summed E-state index contributed by atoms with van der Waals surface area (Å²) in [5, 5.41) is 11.8. The predicted molar refractivity (Wildman–Crippen MR) is 39.1 cm³/mol. The van der Waals surface area contributed by atoms with Gasteiger partial charge in [0.2, 0.25) is 0 Å². The Kier molecular flexibility index (Phi) is 3.32. The summed E-state index contributed by atoms with van der Waals surface area (Å²) in [5.41, 5.74) is -0.188. The largest absolute Gasteiger partial charge is 0.394 e. The smallest absolute Gasteiger partial charge is 0.0655 e. The molecular formula is C7H15NO. The molecule has 2 nitrogen and oxygen atoms in total. The highest BCUT2D eigenvalue weighted by molar-refractivity contribution is 4.85. The van der Waals surface area contributed by atoms with Gasteiger partial charge in [-0.3, -0.25) is 0 Å². The van der Waals surface area contributed by atoms with E-state index >= 15 is 0 Å². The molecule has 0 radical (unpaired) electrons. The number of rotatable bonds is 3. The van der Waals surface area contributed by atoms with Gasteiger partial charge in [0.25, 0.3) is 0 Å². The molecule has 0 aromatic rings. The number of hydrogen-bond acceptors (Lipinski definition) is 2. The van der Waals surface area contributed by atoms with Crippen LogP contribution in [0.1, 0.15) is 20.8 Å². The zero-order valence-corrected chi connectivity index (χ0v) is 6.31. The van der Waals surface area contributed by atoms with Gasteiger partial charge >= 0.3 is 0 Å². The van der Waals surface area contributed by atoms with Crippen molar-refractivity contribution in [3.05, 3.63) is 12.3 Å². The lowest BCUT2D eigenvalue weighted by Crippen LogP contribution is -2.38. The van der Waals surface area contributed by atoms with E-state index in [1.54, 1.807) is 0 Å². The summed E-state index contributed by atoms with van der Waals surface area (Å²) in [7, 11) is 0. The van der Waals surface area contributed by atoms with Crippen molar-refractivity contribution in [2.75, 3.05) is 6.61 Å². The lowest BCUT2D eigenvalue weighted by Gasteiger charge is -2.21. The van der Waals surface area contributed by atoms with E-state index in [2.05, 4.69) is 5.32 Å². The van der Waals surface area contributed by atoms with Gasteiger partial charge in [-0.05, 0) is 27.0 Å². The molecule has 0 aromatic heterocycles. The Labute approximate surface area is 56.6 Å². The van der Waals surface area contributed by atoms with Gasteiger partial charge < -0.3 is 10.4 Å². The van der Waals surface area contributed by atoms with Crippen LogP contribution >= 0.6 is 0 Å². The molecule has 0 saturated carbocycles. The molecule has 0 heterocycles. The van der Waals surface area contributed by atoms with E-state index in [4.69, 9.17) is 5.11 Å². The molecular weight excluding hydrogens is 114 g/mol. The highest BCUT2D eigenvalue weighted by atomic mass is 16.3. The van der Waals surface area contributed by atoms with Crippen molar-refractivity contribution in [1.82, 2.24) is 5.32 Å². The van der Waals surface area contributed by atoms with E-state index in [-0.39, 0.29) is 12.1 Å². The van der Waals surface area contributed by atoms with Crippen LogP contribution in [0.3, 0.4) is 0 Å². The second-order valence-electron chi connectivity index (χ2n) is 2.69. The van der Waals surface area contributed by atoms with Crippen LogP contribution < -0.4 is 5.32 Å². The monoisotopic (exact) mass is 129 g/mol. The quantitative estimate of drug-likeness (QED) is 0.593. The van der Waals surface area contributed by atoms with Gasteiger partial charge in [0, 0.05) is 0 Å². The third kappa shape index (κ3) is 4.03. The Hall–Kier alpha value is -0.500. The minimum atomic E-state index is -0.188. The minimum absolute atomic E-state index is 0.150. The van der Waals surface area contributed by atoms with Crippen LogP contribution in [0.25, 0.3) is 0 Å². The fraction of sp³-hybridized carbons (Fsp3) is 0.714. The van der Waals surface area contributed by atoms with E-state index in [1.807, 2.05) is 33.0 Å². The third-order valence-corrected chi connectivity index (χ3v) is 1.04. The molecule has 54 valence electrons. The van der Waals surface area contributed by atoms with Crippen LogP contribution in [0.5, 0.6) is 0 Å². The summed E-state index contributed by atoms with van der Waals surface area (Å²) in [5.74, 6) is 0. The minimum Gasteiger partial charge on any atom is -0.394 e. The first-order valence-corrected chi connectivity index (χ1v) is 3.12. The van der Waals surface area contributed by atoms with Gasteiger partial charge in [-0.15, -0.1) is 0 Å². The topological polar surface area (TPSA) is 32.3 Å². The maximum absolute atomic E-state index is 8.72. The summed E-state index contributed by atoms with van der Waals surface area (Å²) in [6, 6.07) is 0. The number of aliphatic hydroxyl groups is 1. The highest BCUT2D eigenvalue weighted by Gasteiger charge is 2.11. The summed E-state index contributed by atoms with van der Waals surface area (Å²) in [6.45, 7) is 5.96. The zero-order chi connectivity index (χ0) is 7.33. The Bertz CT molecular complexity index is 97.1.